The van der Waals surface area contributed by atoms with E-state index in [4.69, 9.17) is 4.74 Å². The normalized spacial score (nSPS) is 18.3. The van der Waals surface area contributed by atoms with Crippen LogP contribution in [0.1, 0.15) is 31.0 Å². The maximum atomic E-state index is 12.4. The summed E-state index contributed by atoms with van der Waals surface area (Å²) in [7, 11) is 1.72. The Labute approximate surface area is 176 Å². The zero-order valence-electron chi connectivity index (χ0n) is 17.4. The Bertz CT molecular complexity index is 901. The maximum absolute atomic E-state index is 12.4. The van der Waals surface area contributed by atoms with E-state index >= 15 is 0 Å². The van der Waals surface area contributed by atoms with Crippen molar-refractivity contribution in [2.45, 2.75) is 32.2 Å². The molecule has 0 unspecified atom stereocenters. The van der Waals surface area contributed by atoms with Crippen molar-refractivity contribution in [1.29, 1.82) is 0 Å². The van der Waals surface area contributed by atoms with Gasteiger partial charge in [0.15, 0.2) is 5.72 Å². The molecule has 2 aromatic rings. The van der Waals surface area contributed by atoms with E-state index in [1.165, 1.54) is 0 Å². The molecule has 0 aromatic heterocycles. The van der Waals surface area contributed by atoms with Gasteiger partial charge in [-0.15, -0.1) is 0 Å². The molecule has 4 N–H and O–H groups in total. The number of fused-ring (bicyclic) bond motifs is 1. The molecule has 2 aromatic carbocycles. The molecule has 0 fully saturated rings. The zero-order valence-corrected chi connectivity index (χ0v) is 17.4. The number of benzene rings is 2. The lowest BCUT2D eigenvalue weighted by Gasteiger charge is -2.32. The molecule has 0 bridgehead atoms. The average molecular weight is 412 g/mol. The summed E-state index contributed by atoms with van der Waals surface area (Å²) in [4.78, 5) is 26.1. The van der Waals surface area contributed by atoms with Crippen LogP contribution in [0.4, 0.5) is 10.5 Å². The van der Waals surface area contributed by atoms with Crippen molar-refractivity contribution in [1.82, 2.24) is 15.5 Å². The van der Waals surface area contributed by atoms with Gasteiger partial charge in [-0.25, -0.2) is 4.79 Å². The minimum Gasteiger partial charge on any atom is -0.486 e. The molecular weight excluding hydrogens is 384 g/mol. The summed E-state index contributed by atoms with van der Waals surface area (Å²) in [5.41, 5.74) is 1.46. The van der Waals surface area contributed by atoms with Crippen LogP contribution in [0.15, 0.2) is 48.5 Å². The summed E-state index contributed by atoms with van der Waals surface area (Å²) >= 11 is 0. The number of hydrogen-bond acceptors (Lipinski definition) is 5. The number of urea groups is 1. The van der Waals surface area contributed by atoms with E-state index in [1.807, 2.05) is 43.3 Å². The molecular formula is C22H28N4O4. The van der Waals surface area contributed by atoms with Gasteiger partial charge in [0, 0.05) is 13.6 Å². The van der Waals surface area contributed by atoms with Crippen molar-refractivity contribution >= 4 is 17.6 Å². The second-order valence-corrected chi connectivity index (χ2v) is 7.65. The second kappa shape index (κ2) is 9.04. The summed E-state index contributed by atoms with van der Waals surface area (Å²) < 4.78 is 5.56. The van der Waals surface area contributed by atoms with Crippen LogP contribution in [0.25, 0.3) is 0 Å². The van der Waals surface area contributed by atoms with Crippen molar-refractivity contribution in [3.05, 3.63) is 59.7 Å². The first-order valence-corrected chi connectivity index (χ1v) is 9.84. The van der Waals surface area contributed by atoms with Gasteiger partial charge >= 0.3 is 6.03 Å². The second-order valence-electron chi connectivity index (χ2n) is 7.65. The lowest BCUT2D eigenvalue weighted by atomic mass is 10.1. The third-order valence-electron chi connectivity index (χ3n) is 5.07. The van der Waals surface area contributed by atoms with Crippen LogP contribution in [0, 0.1) is 0 Å². The average Bonchev–Trinajstić information content (AvgIpc) is 2.75. The van der Waals surface area contributed by atoms with E-state index in [0.29, 0.717) is 11.4 Å². The van der Waals surface area contributed by atoms with E-state index in [0.717, 1.165) is 11.1 Å². The van der Waals surface area contributed by atoms with Gasteiger partial charge < -0.3 is 30.7 Å². The number of carbonyl (C=O) groups is 2. The molecule has 1 aliphatic heterocycles. The number of anilines is 1. The van der Waals surface area contributed by atoms with Crippen molar-refractivity contribution in [2.75, 3.05) is 25.5 Å². The van der Waals surface area contributed by atoms with Crippen LogP contribution in [0.3, 0.4) is 0 Å². The number of likely N-dealkylation sites (N-methyl/N-ethyl adjacent to an activating group) is 1. The van der Waals surface area contributed by atoms with Gasteiger partial charge in [0.05, 0.1) is 18.3 Å². The lowest BCUT2D eigenvalue weighted by Crippen LogP contribution is -2.44. The molecule has 1 aliphatic rings. The van der Waals surface area contributed by atoms with Crippen LogP contribution in [-0.2, 0) is 11.3 Å². The van der Waals surface area contributed by atoms with Crippen molar-refractivity contribution in [2.24, 2.45) is 0 Å². The standard InChI is InChI=1S/C22H28N4O4/c1-15(17-7-5-4-6-8-17)26(3)20(27)13-24-21(28)23-12-16-9-10-18-19(11-16)30-14-22(2,29)25-18/h4-11,15,25,29H,12-14H2,1-3H3,(H2,23,24,28)/t15-,22+/m1/s1. The molecule has 8 heteroatoms. The Morgan fingerprint density at radius 2 is 1.97 bits per heavy atom. The van der Waals surface area contributed by atoms with Gasteiger partial charge in [0.1, 0.15) is 12.4 Å². The number of nitrogens with zero attached hydrogens (tertiary/aromatic N) is 1. The molecule has 30 heavy (non-hydrogen) atoms. The summed E-state index contributed by atoms with van der Waals surface area (Å²) in [6.07, 6.45) is 0. The highest BCUT2D eigenvalue weighted by molar-refractivity contribution is 5.84. The van der Waals surface area contributed by atoms with Gasteiger partial charge in [-0.2, -0.15) is 0 Å². The fourth-order valence-electron chi connectivity index (χ4n) is 3.14. The first-order valence-electron chi connectivity index (χ1n) is 9.84. The number of aliphatic hydroxyl groups is 1. The minimum absolute atomic E-state index is 0.0894. The summed E-state index contributed by atoms with van der Waals surface area (Å²) in [6, 6.07) is 14.6. The van der Waals surface area contributed by atoms with Crippen LogP contribution in [-0.4, -0.2) is 47.9 Å². The summed E-state index contributed by atoms with van der Waals surface area (Å²) in [6.45, 7) is 3.90. The van der Waals surface area contributed by atoms with Gasteiger partial charge in [0.25, 0.3) is 0 Å². The van der Waals surface area contributed by atoms with Gasteiger partial charge in [-0.3, -0.25) is 4.79 Å². The third kappa shape index (κ3) is 5.42. The molecule has 3 rings (SSSR count). The number of rotatable bonds is 6. The Morgan fingerprint density at radius 1 is 1.23 bits per heavy atom. The fourth-order valence-corrected chi connectivity index (χ4v) is 3.14. The minimum atomic E-state index is -1.11. The number of carbonyl (C=O) groups excluding carboxylic acids is 2. The quantitative estimate of drug-likeness (QED) is 0.583. The van der Waals surface area contributed by atoms with Gasteiger partial charge in [-0.05, 0) is 37.1 Å². The largest absolute Gasteiger partial charge is 0.486 e. The number of amides is 3. The van der Waals surface area contributed by atoms with E-state index in [1.54, 1.807) is 31.0 Å². The Morgan fingerprint density at radius 3 is 2.70 bits per heavy atom. The van der Waals surface area contributed by atoms with Gasteiger partial charge in [-0.1, -0.05) is 36.4 Å². The number of nitrogens with one attached hydrogen (secondary N) is 3. The van der Waals surface area contributed by atoms with E-state index in [9.17, 15) is 14.7 Å². The van der Waals surface area contributed by atoms with E-state index in [2.05, 4.69) is 16.0 Å². The molecule has 0 spiro atoms. The Kier molecular flexibility index (Phi) is 6.47. The molecule has 0 aliphatic carbocycles. The van der Waals surface area contributed by atoms with E-state index < -0.39 is 11.8 Å². The molecule has 8 nitrogen and oxygen atoms in total. The predicted octanol–water partition coefficient (Wildman–Crippen LogP) is 2.22. The van der Waals surface area contributed by atoms with Crippen LogP contribution in [0.2, 0.25) is 0 Å². The van der Waals surface area contributed by atoms with E-state index in [-0.39, 0.29) is 31.6 Å². The zero-order chi connectivity index (χ0) is 21.7. The van der Waals surface area contributed by atoms with Crippen molar-refractivity contribution < 1.29 is 19.4 Å². The highest BCUT2D eigenvalue weighted by Crippen LogP contribution is 2.32. The first kappa shape index (κ1) is 21.4. The molecule has 2 atom stereocenters. The maximum Gasteiger partial charge on any atom is 0.315 e. The monoisotopic (exact) mass is 412 g/mol. The summed E-state index contributed by atoms with van der Waals surface area (Å²) in [5.74, 6) is 0.440. The summed E-state index contributed by atoms with van der Waals surface area (Å²) in [5, 5.41) is 18.3. The Balaban J connectivity index is 1.45. The Hall–Kier alpha value is -3.26. The smallest absolute Gasteiger partial charge is 0.315 e. The number of hydrogen-bond donors (Lipinski definition) is 4. The topological polar surface area (TPSA) is 103 Å². The van der Waals surface area contributed by atoms with Crippen molar-refractivity contribution in [3.8, 4) is 5.75 Å². The molecule has 0 saturated carbocycles. The molecule has 0 saturated heterocycles. The van der Waals surface area contributed by atoms with Crippen LogP contribution < -0.4 is 20.7 Å². The molecule has 3 amide bonds. The molecule has 0 radical (unpaired) electrons. The lowest BCUT2D eigenvalue weighted by molar-refractivity contribution is -0.130. The SMILES string of the molecule is C[C@H](c1ccccc1)N(C)C(=O)CNC(=O)NCc1ccc2c(c1)OC[C@](C)(O)N2. The highest BCUT2D eigenvalue weighted by atomic mass is 16.5. The molecule has 1 heterocycles. The van der Waals surface area contributed by atoms with Gasteiger partial charge in [0.2, 0.25) is 5.91 Å². The first-order chi connectivity index (χ1) is 14.2. The molecule has 160 valence electrons. The highest BCUT2D eigenvalue weighted by Gasteiger charge is 2.27. The predicted molar refractivity (Wildman–Crippen MR) is 114 cm³/mol. The fraction of sp³-hybridized carbons (Fsp3) is 0.364. The van der Waals surface area contributed by atoms with Crippen LogP contribution in [0.5, 0.6) is 5.75 Å². The van der Waals surface area contributed by atoms with Crippen LogP contribution >= 0.6 is 0 Å². The third-order valence-corrected chi connectivity index (χ3v) is 5.07. The van der Waals surface area contributed by atoms with Crippen molar-refractivity contribution in [3.63, 3.8) is 0 Å². The number of ether oxygens (including phenoxy) is 1.